The van der Waals surface area contributed by atoms with Gasteiger partial charge in [-0.05, 0) is 37.3 Å². The maximum absolute atomic E-state index is 13.7. The van der Waals surface area contributed by atoms with Gasteiger partial charge in [-0.25, -0.2) is 17.1 Å². The molecule has 2 aliphatic rings. The topological polar surface area (TPSA) is 49.4 Å². The Kier molecular flexibility index (Phi) is 5.48. The van der Waals surface area contributed by atoms with Crippen molar-refractivity contribution in [1.29, 1.82) is 0 Å². The van der Waals surface area contributed by atoms with E-state index >= 15 is 0 Å². The highest BCUT2D eigenvalue weighted by Gasteiger charge is 2.41. The number of nitrogens with zero attached hydrogens (tertiary/aromatic N) is 1. The molecular weight excluding hydrogens is 327 g/mol. The van der Waals surface area contributed by atoms with Gasteiger partial charge in [0.25, 0.3) is 0 Å². The van der Waals surface area contributed by atoms with Crippen LogP contribution < -0.4 is 5.32 Å². The number of halogens is 2. The van der Waals surface area contributed by atoms with E-state index in [0.29, 0.717) is 13.1 Å². The molecule has 3 rings (SSSR count). The summed E-state index contributed by atoms with van der Waals surface area (Å²) in [6, 6.07) is 6.10. The van der Waals surface area contributed by atoms with Crippen LogP contribution >= 0.6 is 12.4 Å². The first kappa shape index (κ1) is 17.7. The molecule has 124 valence electrons. The van der Waals surface area contributed by atoms with Gasteiger partial charge in [0.05, 0.1) is 5.75 Å². The van der Waals surface area contributed by atoms with Crippen LogP contribution in [0.15, 0.2) is 24.3 Å². The smallest absolute Gasteiger partial charge is 0.218 e. The van der Waals surface area contributed by atoms with Crippen molar-refractivity contribution in [2.24, 2.45) is 5.41 Å². The highest BCUT2D eigenvalue weighted by molar-refractivity contribution is 7.88. The lowest BCUT2D eigenvalue weighted by molar-refractivity contribution is 0.166. The summed E-state index contributed by atoms with van der Waals surface area (Å²) < 4.78 is 40.4. The number of sulfonamides is 1. The molecule has 2 saturated heterocycles. The van der Waals surface area contributed by atoms with Crippen LogP contribution in [0.3, 0.4) is 0 Å². The Balaban J connectivity index is 0.00000176. The van der Waals surface area contributed by atoms with Crippen molar-refractivity contribution in [2.75, 3.05) is 26.2 Å². The Morgan fingerprint density at radius 1 is 1.27 bits per heavy atom. The number of rotatable bonds is 3. The SMILES string of the molecule is Cl.O=S(=O)(Cc1ccccc1F)N1CCCC2(CCNC2)C1. The van der Waals surface area contributed by atoms with Gasteiger partial charge >= 0.3 is 0 Å². The molecule has 0 radical (unpaired) electrons. The minimum Gasteiger partial charge on any atom is -0.316 e. The Hall–Kier alpha value is -0.690. The lowest BCUT2D eigenvalue weighted by atomic mass is 9.80. The van der Waals surface area contributed by atoms with E-state index in [1.54, 1.807) is 22.5 Å². The molecule has 1 unspecified atom stereocenters. The quantitative estimate of drug-likeness (QED) is 0.910. The molecule has 2 aliphatic heterocycles. The summed E-state index contributed by atoms with van der Waals surface area (Å²) in [6.07, 6.45) is 2.99. The van der Waals surface area contributed by atoms with Crippen LogP contribution in [-0.4, -0.2) is 38.9 Å². The zero-order valence-corrected chi connectivity index (χ0v) is 14.1. The first-order valence-electron chi connectivity index (χ1n) is 7.43. The van der Waals surface area contributed by atoms with E-state index in [1.165, 1.54) is 6.07 Å². The van der Waals surface area contributed by atoms with E-state index in [4.69, 9.17) is 0 Å². The number of nitrogens with one attached hydrogen (secondary N) is 1. The number of benzene rings is 1. The molecule has 7 heteroatoms. The Morgan fingerprint density at radius 2 is 2.05 bits per heavy atom. The largest absolute Gasteiger partial charge is 0.316 e. The molecule has 2 fully saturated rings. The fraction of sp³-hybridized carbons (Fsp3) is 0.600. The fourth-order valence-corrected chi connectivity index (χ4v) is 5.13. The van der Waals surface area contributed by atoms with Crippen molar-refractivity contribution < 1.29 is 12.8 Å². The molecule has 4 nitrogen and oxygen atoms in total. The summed E-state index contributed by atoms with van der Waals surface area (Å²) in [4.78, 5) is 0. The standard InChI is InChI=1S/C15H21FN2O2S.ClH/c16-14-5-2-1-4-13(14)10-21(19,20)18-9-3-6-15(12-18)7-8-17-11-15;/h1-2,4-5,17H,3,6-12H2;1H. The monoisotopic (exact) mass is 348 g/mol. The molecule has 0 aliphatic carbocycles. The van der Waals surface area contributed by atoms with Gasteiger partial charge < -0.3 is 5.32 Å². The van der Waals surface area contributed by atoms with Crippen LogP contribution in [0.2, 0.25) is 0 Å². The van der Waals surface area contributed by atoms with E-state index in [0.717, 1.165) is 32.4 Å². The van der Waals surface area contributed by atoms with Gasteiger partial charge in [0.15, 0.2) is 0 Å². The summed E-state index contributed by atoms with van der Waals surface area (Å²) in [5.74, 6) is -0.696. The van der Waals surface area contributed by atoms with E-state index in [9.17, 15) is 12.8 Å². The second-order valence-electron chi connectivity index (χ2n) is 6.21. The van der Waals surface area contributed by atoms with Gasteiger partial charge in [-0.3, -0.25) is 0 Å². The first-order chi connectivity index (χ1) is 10.0. The molecular formula is C15H22ClFN2O2S. The van der Waals surface area contributed by atoms with Crippen LogP contribution in [0, 0.1) is 11.2 Å². The van der Waals surface area contributed by atoms with Crippen molar-refractivity contribution in [1.82, 2.24) is 9.62 Å². The Labute approximate surface area is 137 Å². The molecule has 0 amide bonds. The third-order valence-corrected chi connectivity index (χ3v) is 6.42. The molecule has 1 aromatic carbocycles. The van der Waals surface area contributed by atoms with Crippen molar-refractivity contribution in [2.45, 2.75) is 25.0 Å². The van der Waals surface area contributed by atoms with Crippen LogP contribution in [0.1, 0.15) is 24.8 Å². The maximum atomic E-state index is 13.7. The van der Waals surface area contributed by atoms with Crippen LogP contribution in [0.5, 0.6) is 0 Å². The molecule has 1 aromatic rings. The summed E-state index contributed by atoms with van der Waals surface area (Å²) in [6.45, 7) is 2.97. The van der Waals surface area contributed by atoms with Crippen molar-refractivity contribution in [3.63, 3.8) is 0 Å². The van der Waals surface area contributed by atoms with Gasteiger partial charge in [-0.1, -0.05) is 18.2 Å². The van der Waals surface area contributed by atoms with Gasteiger partial charge in [0.1, 0.15) is 5.82 Å². The van der Waals surface area contributed by atoms with Gasteiger partial charge in [-0.15, -0.1) is 12.4 Å². The second kappa shape index (κ2) is 6.83. The number of hydrogen-bond donors (Lipinski definition) is 1. The zero-order valence-electron chi connectivity index (χ0n) is 12.4. The lowest BCUT2D eigenvalue weighted by Crippen LogP contribution is -2.47. The third-order valence-electron chi connectivity index (χ3n) is 4.65. The highest BCUT2D eigenvalue weighted by Crippen LogP contribution is 2.36. The van der Waals surface area contributed by atoms with Crippen molar-refractivity contribution in [3.8, 4) is 0 Å². The summed E-state index contributed by atoms with van der Waals surface area (Å²) in [7, 11) is -3.46. The molecule has 1 N–H and O–H groups in total. The van der Waals surface area contributed by atoms with E-state index in [1.807, 2.05) is 0 Å². The zero-order chi connectivity index (χ0) is 14.9. The van der Waals surface area contributed by atoms with Gasteiger partial charge in [-0.2, -0.15) is 0 Å². The van der Waals surface area contributed by atoms with Gasteiger partial charge in [0, 0.05) is 25.2 Å². The van der Waals surface area contributed by atoms with Crippen LogP contribution in [-0.2, 0) is 15.8 Å². The molecule has 1 atom stereocenters. The summed E-state index contributed by atoms with van der Waals surface area (Å²) in [5.41, 5.74) is 0.335. The second-order valence-corrected chi connectivity index (χ2v) is 8.18. The summed E-state index contributed by atoms with van der Waals surface area (Å²) >= 11 is 0. The Morgan fingerprint density at radius 3 is 2.73 bits per heavy atom. The van der Waals surface area contributed by atoms with Gasteiger partial charge in [0.2, 0.25) is 10.0 Å². The van der Waals surface area contributed by atoms with Crippen LogP contribution in [0.25, 0.3) is 0 Å². The summed E-state index contributed by atoms with van der Waals surface area (Å²) in [5, 5.41) is 3.33. The first-order valence-corrected chi connectivity index (χ1v) is 9.04. The molecule has 1 spiro atoms. The lowest BCUT2D eigenvalue weighted by Gasteiger charge is -2.39. The average Bonchev–Trinajstić information content (AvgIpc) is 2.89. The maximum Gasteiger partial charge on any atom is 0.218 e. The highest BCUT2D eigenvalue weighted by atomic mass is 35.5. The number of piperidine rings is 1. The van der Waals surface area contributed by atoms with Crippen molar-refractivity contribution in [3.05, 3.63) is 35.6 Å². The fourth-order valence-electron chi connectivity index (χ4n) is 3.45. The number of hydrogen-bond acceptors (Lipinski definition) is 3. The Bertz CT molecular complexity index is 618. The minimum absolute atomic E-state index is 0. The normalized spacial score (nSPS) is 26.0. The van der Waals surface area contributed by atoms with E-state index < -0.39 is 15.8 Å². The van der Waals surface area contributed by atoms with Crippen molar-refractivity contribution >= 4 is 22.4 Å². The average molecular weight is 349 g/mol. The predicted octanol–water partition coefficient (Wildman–Crippen LogP) is 2.15. The molecule has 0 saturated carbocycles. The predicted molar refractivity (Wildman–Crippen MR) is 87.0 cm³/mol. The molecule has 2 heterocycles. The molecule has 0 aromatic heterocycles. The third kappa shape index (κ3) is 3.62. The van der Waals surface area contributed by atoms with E-state index in [-0.39, 0.29) is 29.1 Å². The minimum atomic E-state index is -3.46. The molecule has 0 bridgehead atoms. The van der Waals surface area contributed by atoms with E-state index in [2.05, 4.69) is 5.32 Å². The molecule has 22 heavy (non-hydrogen) atoms. The van der Waals surface area contributed by atoms with Crippen LogP contribution in [0.4, 0.5) is 4.39 Å².